The molecule has 3 amide bonds. The van der Waals surface area contributed by atoms with Gasteiger partial charge in [0.15, 0.2) is 5.54 Å². The van der Waals surface area contributed by atoms with Crippen molar-refractivity contribution in [2.45, 2.75) is 87.6 Å². The summed E-state index contributed by atoms with van der Waals surface area (Å²) in [5, 5.41) is 18.3. The van der Waals surface area contributed by atoms with Gasteiger partial charge in [0.2, 0.25) is 15.9 Å². The normalized spacial score (nSPS) is 13.3. The number of carbonyl (C=O) groups is 4. The largest absolute Gasteiger partial charge is 0.459 e. The molecule has 0 heterocycles. The number of rotatable bonds is 24. The Morgan fingerprint density at radius 2 is 1.27 bits per heavy atom. The third-order valence-electron chi connectivity index (χ3n) is 9.54. The number of esters is 1. The Bertz CT molecular complexity index is 2020. The van der Waals surface area contributed by atoms with E-state index in [-0.39, 0.29) is 56.9 Å². The van der Waals surface area contributed by atoms with Crippen LogP contribution in [0.25, 0.3) is 0 Å². The zero-order valence-corrected chi connectivity index (χ0v) is 34.1. The van der Waals surface area contributed by atoms with E-state index in [1.807, 2.05) is 49.4 Å². The van der Waals surface area contributed by atoms with Crippen molar-refractivity contribution in [1.82, 2.24) is 20.7 Å². The Kier molecular flexibility index (Phi) is 18.5. The van der Waals surface area contributed by atoms with E-state index in [1.165, 1.54) is 12.1 Å². The molecule has 0 fully saturated rings. The number of nitrogens with one attached hydrogen (secondary N) is 4. The lowest BCUT2D eigenvalue weighted by molar-refractivity contribution is -0.157. The molecule has 316 valence electrons. The molecule has 0 radical (unpaired) electrons. The first kappa shape index (κ1) is 46.1. The van der Waals surface area contributed by atoms with Gasteiger partial charge in [-0.05, 0) is 74.3 Å². The zero-order valence-electron chi connectivity index (χ0n) is 33.3. The Balaban J connectivity index is 1.38. The van der Waals surface area contributed by atoms with E-state index < -0.39 is 51.5 Å². The summed E-state index contributed by atoms with van der Waals surface area (Å²) in [6, 6.07) is 31.6. The van der Waals surface area contributed by atoms with Gasteiger partial charge in [-0.3, -0.25) is 9.59 Å². The van der Waals surface area contributed by atoms with Crippen molar-refractivity contribution in [2.24, 2.45) is 5.73 Å². The molecule has 59 heavy (non-hydrogen) atoms. The molecule has 4 aromatic carbocycles. The molecule has 0 bridgehead atoms. The molecule has 4 aromatic rings. The lowest BCUT2D eigenvalue weighted by Gasteiger charge is -2.29. The van der Waals surface area contributed by atoms with E-state index in [2.05, 4.69) is 20.7 Å². The van der Waals surface area contributed by atoms with Crippen LogP contribution in [-0.4, -0.2) is 74.7 Å². The van der Waals surface area contributed by atoms with Crippen molar-refractivity contribution in [1.29, 1.82) is 0 Å². The lowest BCUT2D eigenvalue weighted by Crippen LogP contribution is -2.64. The molecule has 3 atom stereocenters. The van der Waals surface area contributed by atoms with Gasteiger partial charge in [0, 0.05) is 19.5 Å². The summed E-state index contributed by atoms with van der Waals surface area (Å²) in [7, 11) is -3.79. The van der Waals surface area contributed by atoms with Crippen LogP contribution < -0.4 is 26.4 Å². The fourth-order valence-electron chi connectivity index (χ4n) is 6.03. The van der Waals surface area contributed by atoms with Crippen molar-refractivity contribution in [3.63, 3.8) is 0 Å². The predicted molar refractivity (Wildman–Crippen MR) is 223 cm³/mol. The summed E-state index contributed by atoms with van der Waals surface area (Å²) in [6.07, 6.45) is 1.12. The molecule has 15 heteroatoms. The van der Waals surface area contributed by atoms with Gasteiger partial charge in [-0.15, -0.1) is 0 Å². The molecule has 0 aliphatic heterocycles. The van der Waals surface area contributed by atoms with Gasteiger partial charge >= 0.3 is 12.1 Å². The second-order valence-electron chi connectivity index (χ2n) is 14.3. The van der Waals surface area contributed by atoms with Gasteiger partial charge in [-0.2, -0.15) is 0 Å². The summed E-state index contributed by atoms with van der Waals surface area (Å²) in [4.78, 5) is 53.8. The quantitative estimate of drug-likeness (QED) is 0.0337. The first-order valence-corrected chi connectivity index (χ1v) is 21.1. The maximum Gasteiger partial charge on any atom is 0.407 e. The number of aliphatic hydroxyl groups excluding tert-OH is 1. The highest BCUT2D eigenvalue weighted by atomic mass is 32.2. The van der Waals surface area contributed by atoms with Gasteiger partial charge in [0.25, 0.3) is 5.91 Å². The molecular formula is C44H55N5O9S. The molecule has 0 saturated heterocycles. The van der Waals surface area contributed by atoms with Crippen LogP contribution >= 0.6 is 0 Å². The van der Waals surface area contributed by atoms with Crippen molar-refractivity contribution in [3.8, 4) is 0 Å². The number of hydrogen-bond acceptors (Lipinski definition) is 10. The van der Waals surface area contributed by atoms with Gasteiger partial charge in [-0.25, -0.2) is 22.7 Å². The molecular weight excluding hydrogens is 775 g/mol. The molecule has 0 unspecified atom stereocenters. The fourth-order valence-corrected chi connectivity index (χ4v) is 7.11. The number of alkyl carbamates (subject to hydrolysis) is 1. The molecule has 0 aromatic heterocycles. The zero-order chi connectivity index (χ0) is 42.5. The number of unbranched alkanes of at least 4 members (excludes halogenated alkanes) is 2. The van der Waals surface area contributed by atoms with Crippen LogP contribution in [-0.2, 0) is 53.5 Å². The number of carbonyl (C=O) groups excluding carboxylic acids is 4. The Morgan fingerprint density at radius 3 is 1.86 bits per heavy atom. The van der Waals surface area contributed by atoms with E-state index in [9.17, 15) is 32.7 Å². The average Bonchev–Trinajstić information content (AvgIpc) is 3.24. The highest BCUT2D eigenvalue weighted by Gasteiger charge is 2.44. The summed E-state index contributed by atoms with van der Waals surface area (Å²) in [5.74, 6) is -2.56. The highest BCUT2D eigenvalue weighted by Crippen LogP contribution is 2.18. The number of aliphatic hydroxyl groups is 1. The summed E-state index contributed by atoms with van der Waals surface area (Å²) in [5.41, 5.74) is 7.54. The molecule has 7 N–H and O–H groups in total. The summed E-state index contributed by atoms with van der Waals surface area (Å²) >= 11 is 0. The SMILES string of the molecule is Cc1ccc(S(=O)(=O)NCCCC[C@@](N)(C(=O)N[C@@H](Cc2ccccc2)C(=O)N[C@H](CO)CCCCNC(=O)OCc2ccccc2)C(=O)OCc2ccccc2)cc1. The number of sulfonamides is 1. The monoisotopic (exact) mass is 829 g/mol. The van der Waals surface area contributed by atoms with Crippen LogP contribution in [0, 0.1) is 6.92 Å². The highest BCUT2D eigenvalue weighted by molar-refractivity contribution is 7.89. The van der Waals surface area contributed by atoms with E-state index in [4.69, 9.17) is 15.2 Å². The number of nitrogens with two attached hydrogens (primary N) is 1. The second-order valence-corrected chi connectivity index (χ2v) is 16.1. The van der Waals surface area contributed by atoms with Crippen LogP contribution in [0.2, 0.25) is 0 Å². The maximum absolute atomic E-state index is 14.1. The second kappa shape index (κ2) is 23.7. The topological polar surface area (TPSA) is 215 Å². The third-order valence-corrected chi connectivity index (χ3v) is 11.0. The minimum atomic E-state index is -3.79. The first-order chi connectivity index (χ1) is 28.4. The summed E-state index contributed by atoms with van der Waals surface area (Å²) < 4.78 is 38.9. The van der Waals surface area contributed by atoms with Gasteiger partial charge in [0.05, 0.1) is 17.5 Å². The van der Waals surface area contributed by atoms with E-state index in [1.54, 1.807) is 60.7 Å². The smallest absolute Gasteiger partial charge is 0.407 e. The standard InChI is InChI=1S/C44H55N5O9S/c1-33-22-24-38(25-23-33)59(55,56)47-28-14-12-26-44(45,42(53)57-31-35-17-7-3-8-18-35)41(52)49-39(29-34-15-5-2-6-16-34)40(51)48-37(30-50)21-11-13-27-46-43(54)58-32-36-19-9-4-10-20-36/h2-10,15-20,22-25,37,39,47,50H,11-14,21,26-32,45H2,1H3,(H,46,54)(H,48,51)(H,49,52)/t37-,39-,44+/m0/s1. The molecule has 0 aliphatic rings. The Hall–Kier alpha value is -5.61. The minimum absolute atomic E-state index is 0.0168. The number of ether oxygens (including phenoxy) is 2. The lowest BCUT2D eigenvalue weighted by atomic mass is 9.91. The number of benzene rings is 4. The minimum Gasteiger partial charge on any atom is -0.459 e. The van der Waals surface area contributed by atoms with Crippen LogP contribution in [0.4, 0.5) is 4.79 Å². The van der Waals surface area contributed by atoms with Crippen LogP contribution in [0.5, 0.6) is 0 Å². The van der Waals surface area contributed by atoms with E-state index >= 15 is 0 Å². The Morgan fingerprint density at radius 1 is 0.712 bits per heavy atom. The third kappa shape index (κ3) is 15.6. The molecule has 4 rings (SSSR count). The van der Waals surface area contributed by atoms with Gasteiger partial charge < -0.3 is 36.3 Å². The van der Waals surface area contributed by atoms with Crippen LogP contribution in [0.3, 0.4) is 0 Å². The number of amides is 3. The number of hydrogen-bond donors (Lipinski definition) is 6. The van der Waals surface area contributed by atoms with Gasteiger partial charge in [-0.1, -0.05) is 109 Å². The first-order valence-electron chi connectivity index (χ1n) is 19.7. The molecule has 14 nitrogen and oxygen atoms in total. The average molecular weight is 830 g/mol. The maximum atomic E-state index is 14.1. The van der Waals surface area contributed by atoms with Crippen LogP contribution in [0.15, 0.2) is 120 Å². The number of aryl methyl sites for hydroxylation is 1. The van der Waals surface area contributed by atoms with Crippen molar-refractivity contribution >= 4 is 33.9 Å². The van der Waals surface area contributed by atoms with Crippen molar-refractivity contribution in [3.05, 3.63) is 138 Å². The van der Waals surface area contributed by atoms with E-state index in [0.717, 1.165) is 11.1 Å². The molecule has 0 saturated carbocycles. The van der Waals surface area contributed by atoms with Crippen molar-refractivity contribution < 1.29 is 42.2 Å². The van der Waals surface area contributed by atoms with Crippen molar-refractivity contribution in [2.75, 3.05) is 19.7 Å². The fraction of sp³-hybridized carbons (Fsp3) is 0.364. The van der Waals surface area contributed by atoms with Gasteiger partial charge in [0.1, 0.15) is 19.3 Å². The Labute approximate surface area is 346 Å². The summed E-state index contributed by atoms with van der Waals surface area (Å²) in [6.45, 7) is 1.80. The predicted octanol–water partition coefficient (Wildman–Crippen LogP) is 4.19. The molecule has 0 spiro atoms. The van der Waals surface area contributed by atoms with Crippen LogP contribution in [0.1, 0.15) is 60.8 Å². The van der Waals surface area contributed by atoms with E-state index in [0.29, 0.717) is 36.9 Å². The molecule has 0 aliphatic carbocycles.